The van der Waals surface area contributed by atoms with Crippen LogP contribution in [0.25, 0.3) is 0 Å². The molecule has 0 aromatic heterocycles. The summed E-state index contributed by atoms with van der Waals surface area (Å²) >= 11 is 0. The number of nitrogens with zero attached hydrogens (tertiary/aromatic N) is 1. The zero-order valence-electron chi connectivity index (χ0n) is 13.3. The first-order chi connectivity index (χ1) is 8.35. The van der Waals surface area contributed by atoms with E-state index in [-0.39, 0.29) is 12.0 Å². The molecule has 0 spiro atoms. The molecule has 2 N–H and O–H groups in total. The van der Waals surface area contributed by atoms with E-state index in [0.29, 0.717) is 12.1 Å². The maximum Gasteiger partial charge on any atom is 0.0443 e. The number of aliphatic hydroxyl groups is 1. The van der Waals surface area contributed by atoms with E-state index >= 15 is 0 Å². The van der Waals surface area contributed by atoms with Crippen molar-refractivity contribution in [3.05, 3.63) is 0 Å². The van der Waals surface area contributed by atoms with Gasteiger partial charge in [0.2, 0.25) is 0 Å². The molecule has 0 bridgehead atoms. The van der Waals surface area contributed by atoms with Crippen LogP contribution in [0.15, 0.2) is 0 Å². The Kier molecular flexibility index (Phi) is 8.83. The number of hydrogen-bond acceptors (Lipinski definition) is 3. The van der Waals surface area contributed by atoms with Gasteiger partial charge in [-0.1, -0.05) is 20.8 Å². The molecule has 0 amide bonds. The smallest absolute Gasteiger partial charge is 0.0443 e. The predicted molar refractivity (Wildman–Crippen MR) is 79.9 cm³/mol. The van der Waals surface area contributed by atoms with Crippen LogP contribution in [0.1, 0.15) is 54.4 Å². The fourth-order valence-electron chi connectivity index (χ4n) is 2.09. The lowest BCUT2D eigenvalue weighted by molar-refractivity contribution is 0.109. The standard InChI is InChI=1S/C15H34N2O/c1-7-9-16-14(4)15(5,6)12-17(13(2)3)10-8-11-18/h13-14,16,18H,7-12H2,1-6H3. The highest BCUT2D eigenvalue weighted by atomic mass is 16.3. The van der Waals surface area contributed by atoms with E-state index in [4.69, 9.17) is 5.11 Å². The van der Waals surface area contributed by atoms with Crippen LogP contribution < -0.4 is 5.32 Å². The second-order valence-corrected chi connectivity index (χ2v) is 6.31. The highest BCUT2D eigenvalue weighted by molar-refractivity contribution is 4.84. The monoisotopic (exact) mass is 258 g/mol. The van der Waals surface area contributed by atoms with E-state index in [0.717, 1.165) is 26.1 Å². The van der Waals surface area contributed by atoms with E-state index in [1.807, 2.05) is 0 Å². The molecule has 0 fully saturated rings. The van der Waals surface area contributed by atoms with Crippen LogP contribution >= 0.6 is 0 Å². The van der Waals surface area contributed by atoms with Crippen LogP contribution in [0, 0.1) is 5.41 Å². The Hall–Kier alpha value is -0.120. The van der Waals surface area contributed by atoms with Gasteiger partial charge < -0.3 is 15.3 Å². The number of hydrogen-bond donors (Lipinski definition) is 2. The van der Waals surface area contributed by atoms with Crippen molar-refractivity contribution < 1.29 is 5.11 Å². The summed E-state index contributed by atoms with van der Waals surface area (Å²) in [5, 5.41) is 12.6. The van der Waals surface area contributed by atoms with Crippen LogP contribution in [-0.4, -0.2) is 48.3 Å². The molecular formula is C15H34N2O. The summed E-state index contributed by atoms with van der Waals surface area (Å²) in [5.41, 5.74) is 0.245. The third-order valence-corrected chi connectivity index (χ3v) is 3.82. The molecule has 0 aromatic rings. The number of nitrogens with one attached hydrogen (secondary N) is 1. The zero-order chi connectivity index (χ0) is 14.2. The normalized spacial score (nSPS) is 14.5. The van der Waals surface area contributed by atoms with Crippen molar-refractivity contribution in [3.63, 3.8) is 0 Å². The predicted octanol–water partition coefficient (Wildman–Crippen LogP) is 2.49. The molecule has 0 radical (unpaired) electrons. The Balaban J connectivity index is 4.38. The molecule has 0 heterocycles. The van der Waals surface area contributed by atoms with Crippen molar-refractivity contribution in [2.45, 2.75) is 66.5 Å². The van der Waals surface area contributed by atoms with Crippen molar-refractivity contribution in [2.75, 3.05) is 26.2 Å². The molecule has 0 saturated carbocycles. The van der Waals surface area contributed by atoms with E-state index in [9.17, 15) is 0 Å². The molecule has 0 aliphatic heterocycles. The first-order valence-electron chi connectivity index (χ1n) is 7.43. The molecule has 0 aliphatic carbocycles. The number of aliphatic hydroxyl groups excluding tert-OH is 1. The molecule has 1 unspecified atom stereocenters. The maximum atomic E-state index is 8.98. The molecule has 1 atom stereocenters. The van der Waals surface area contributed by atoms with Crippen molar-refractivity contribution >= 4 is 0 Å². The van der Waals surface area contributed by atoms with Gasteiger partial charge in [0.05, 0.1) is 0 Å². The average Bonchev–Trinajstić information content (AvgIpc) is 2.30. The van der Waals surface area contributed by atoms with Gasteiger partial charge in [-0.05, 0) is 45.6 Å². The van der Waals surface area contributed by atoms with Gasteiger partial charge in [-0.2, -0.15) is 0 Å². The molecule has 0 rings (SSSR count). The van der Waals surface area contributed by atoms with Crippen LogP contribution in [0.3, 0.4) is 0 Å². The summed E-state index contributed by atoms with van der Waals surface area (Å²) in [4.78, 5) is 2.47. The lowest BCUT2D eigenvalue weighted by atomic mass is 9.84. The fourth-order valence-corrected chi connectivity index (χ4v) is 2.09. The minimum atomic E-state index is 0.245. The fraction of sp³-hybridized carbons (Fsp3) is 1.00. The van der Waals surface area contributed by atoms with E-state index < -0.39 is 0 Å². The molecule has 0 saturated heterocycles. The van der Waals surface area contributed by atoms with E-state index in [1.165, 1.54) is 6.42 Å². The van der Waals surface area contributed by atoms with Gasteiger partial charge in [-0.25, -0.2) is 0 Å². The summed E-state index contributed by atoms with van der Waals surface area (Å²) in [6, 6.07) is 1.04. The lowest BCUT2D eigenvalue weighted by Crippen LogP contribution is -2.49. The Morgan fingerprint density at radius 3 is 2.28 bits per heavy atom. The van der Waals surface area contributed by atoms with Gasteiger partial charge in [0.15, 0.2) is 0 Å². The van der Waals surface area contributed by atoms with Gasteiger partial charge in [-0.15, -0.1) is 0 Å². The molecule has 110 valence electrons. The van der Waals surface area contributed by atoms with Crippen LogP contribution in [0.4, 0.5) is 0 Å². The van der Waals surface area contributed by atoms with Gasteiger partial charge in [0, 0.05) is 31.8 Å². The number of rotatable bonds is 10. The molecule has 18 heavy (non-hydrogen) atoms. The summed E-state index contributed by atoms with van der Waals surface area (Å²) in [5.74, 6) is 0. The maximum absolute atomic E-state index is 8.98. The third-order valence-electron chi connectivity index (χ3n) is 3.82. The van der Waals surface area contributed by atoms with Gasteiger partial charge in [-0.3, -0.25) is 0 Å². The highest BCUT2D eigenvalue weighted by Gasteiger charge is 2.28. The Morgan fingerprint density at radius 2 is 1.83 bits per heavy atom. The quantitative estimate of drug-likeness (QED) is 0.632. The SMILES string of the molecule is CCCNC(C)C(C)(C)CN(CCCO)C(C)C. The zero-order valence-corrected chi connectivity index (χ0v) is 13.3. The van der Waals surface area contributed by atoms with Crippen molar-refractivity contribution in [1.29, 1.82) is 0 Å². The molecule has 3 heteroatoms. The lowest BCUT2D eigenvalue weighted by Gasteiger charge is -2.39. The summed E-state index contributed by atoms with van der Waals surface area (Å²) in [7, 11) is 0. The van der Waals surface area contributed by atoms with Crippen molar-refractivity contribution in [2.24, 2.45) is 5.41 Å². The largest absolute Gasteiger partial charge is 0.396 e. The first kappa shape index (κ1) is 17.9. The third kappa shape index (κ3) is 6.72. The van der Waals surface area contributed by atoms with Crippen LogP contribution in [0.5, 0.6) is 0 Å². The Morgan fingerprint density at radius 1 is 1.22 bits per heavy atom. The summed E-state index contributed by atoms with van der Waals surface area (Å²) < 4.78 is 0. The Labute approximate surface area is 114 Å². The van der Waals surface area contributed by atoms with Gasteiger partial charge in [0.1, 0.15) is 0 Å². The molecule has 0 aliphatic rings. The van der Waals surface area contributed by atoms with Gasteiger partial charge in [0.25, 0.3) is 0 Å². The topological polar surface area (TPSA) is 35.5 Å². The first-order valence-corrected chi connectivity index (χ1v) is 7.43. The van der Waals surface area contributed by atoms with Gasteiger partial charge >= 0.3 is 0 Å². The minimum absolute atomic E-state index is 0.245. The second kappa shape index (κ2) is 8.89. The summed E-state index contributed by atoms with van der Waals surface area (Å²) in [6.07, 6.45) is 2.05. The average molecular weight is 258 g/mol. The van der Waals surface area contributed by atoms with Crippen LogP contribution in [-0.2, 0) is 0 Å². The summed E-state index contributed by atoms with van der Waals surface area (Å²) in [6.45, 7) is 17.0. The van der Waals surface area contributed by atoms with Crippen molar-refractivity contribution in [3.8, 4) is 0 Å². The Bertz CT molecular complexity index is 205. The van der Waals surface area contributed by atoms with Crippen LogP contribution in [0.2, 0.25) is 0 Å². The molecule has 3 nitrogen and oxygen atoms in total. The van der Waals surface area contributed by atoms with Crippen molar-refractivity contribution in [1.82, 2.24) is 10.2 Å². The molecular weight excluding hydrogens is 224 g/mol. The van der Waals surface area contributed by atoms with E-state index in [2.05, 4.69) is 51.8 Å². The minimum Gasteiger partial charge on any atom is -0.396 e. The van der Waals surface area contributed by atoms with E-state index in [1.54, 1.807) is 0 Å². The second-order valence-electron chi connectivity index (χ2n) is 6.31. The molecule has 0 aromatic carbocycles. The highest BCUT2D eigenvalue weighted by Crippen LogP contribution is 2.23.